The van der Waals surface area contributed by atoms with E-state index in [0.29, 0.717) is 85.6 Å². The van der Waals surface area contributed by atoms with Gasteiger partial charge in [0.1, 0.15) is 17.3 Å². The summed E-state index contributed by atoms with van der Waals surface area (Å²) in [7, 11) is 0. The smallest absolute Gasteiger partial charge is 0.146 e. The Balaban J connectivity index is 0.000000185. The molecule has 3 aliphatic heterocycles. The number of likely N-dealkylation sites (tertiary alicyclic amines) is 2. The largest absolute Gasteiger partial charge is 0.492 e. The highest BCUT2D eigenvalue weighted by molar-refractivity contribution is 6.24. The average molecular weight is 1170 g/mol. The van der Waals surface area contributed by atoms with Crippen molar-refractivity contribution in [2.45, 2.75) is 133 Å². The minimum absolute atomic E-state index is 0.387. The van der Waals surface area contributed by atoms with Gasteiger partial charge in [0, 0.05) is 112 Å². The van der Waals surface area contributed by atoms with E-state index in [2.05, 4.69) is 165 Å². The summed E-state index contributed by atoms with van der Waals surface area (Å²) in [4.78, 5) is 28.8. The molecular formula is C70H98N12O4. The number of piperidine rings is 1. The SMILES string of the molecule is CCOC1=CC(=Nc2ccc(N(CC)C(C)C)cc2)C(N2CCCC2)=CC1=N.CCOC1=CC(=Nc2ccc(N(CC)C(C)C)cc2)C(N2CCCCC2)=CC1=N.CCOC1=CC(=Nc2ccc(N(CC)C(C)C)cc2)C(N2CCOCC2)=CC1=N. The van der Waals surface area contributed by atoms with Crippen molar-refractivity contribution < 1.29 is 18.9 Å². The van der Waals surface area contributed by atoms with Crippen LogP contribution in [0.3, 0.4) is 0 Å². The highest BCUT2D eigenvalue weighted by Crippen LogP contribution is 2.31. The second-order valence-corrected chi connectivity index (χ2v) is 22.7. The zero-order chi connectivity index (χ0) is 61.7. The van der Waals surface area contributed by atoms with Gasteiger partial charge in [0.15, 0.2) is 0 Å². The molecule has 9 rings (SSSR count). The van der Waals surface area contributed by atoms with E-state index >= 15 is 0 Å². The zero-order valence-corrected chi connectivity index (χ0v) is 53.7. The number of benzene rings is 3. The molecule has 462 valence electrons. The van der Waals surface area contributed by atoms with Gasteiger partial charge in [-0.2, -0.15) is 0 Å². The molecule has 0 unspecified atom stereocenters. The quantitative estimate of drug-likeness (QED) is 0.0874. The topological polar surface area (TPSA) is 165 Å². The Bertz CT molecular complexity index is 2900. The van der Waals surface area contributed by atoms with Gasteiger partial charge >= 0.3 is 0 Å². The van der Waals surface area contributed by atoms with E-state index in [1.807, 2.05) is 57.2 Å². The van der Waals surface area contributed by atoms with E-state index in [4.69, 9.17) is 50.2 Å². The molecule has 0 atom stereocenters. The van der Waals surface area contributed by atoms with Gasteiger partial charge in [-0.3, -0.25) is 16.2 Å². The number of hydrogen-bond acceptors (Lipinski definition) is 16. The van der Waals surface area contributed by atoms with Crippen LogP contribution in [-0.2, 0) is 18.9 Å². The molecule has 86 heavy (non-hydrogen) atoms. The Kier molecular flexibility index (Phi) is 25.0. The molecule has 3 fully saturated rings. The third-order valence-electron chi connectivity index (χ3n) is 15.8. The van der Waals surface area contributed by atoms with Crippen molar-refractivity contribution in [1.29, 1.82) is 16.2 Å². The maximum absolute atomic E-state index is 8.35. The number of aliphatic imine (C=N–C) groups is 3. The molecule has 6 aliphatic rings. The van der Waals surface area contributed by atoms with E-state index in [1.54, 1.807) is 0 Å². The van der Waals surface area contributed by atoms with Crippen molar-refractivity contribution in [3.05, 3.63) is 144 Å². The molecule has 3 aliphatic carbocycles. The standard InChI is InChI=1S/C24H34N4O.C23H32N4O2.C23H32N4O/c1-5-28(18(3)4)20-12-10-19(11-13-20)26-22-17-24(29-6-2)21(25)16-23(22)27-14-8-7-9-15-27;1-5-27(17(3)4)19-9-7-18(8-10-19)25-21-16-23(29-6-2)20(24)15-22(21)26-11-13-28-14-12-26;1-5-27(17(3)4)19-11-9-18(10-12-19)25-21-16-23(28-6-2)20(24)15-22(21)26-13-7-8-14-26/h10-13,16-18,25H,5-9,14-15H2,1-4H3;7-10,15-17,24H,5-6,11-14H2,1-4H3;9-12,15-17,24H,5-8,13-14H2,1-4H3. The molecule has 3 N–H and O–H groups in total. The molecular weight excluding hydrogens is 1070 g/mol. The summed E-state index contributed by atoms with van der Waals surface area (Å²) in [5.41, 5.74) is 13.2. The summed E-state index contributed by atoms with van der Waals surface area (Å²) in [6.07, 6.45) is 17.5. The summed E-state index contributed by atoms with van der Waals surface area (Å²) >= 11 is 0. The molecule has 0 amide bonds. The number of nitrogens with one attached hydrogen (secondary N) is 3. The zero-order valence-electron chi connectivity index (χ0n) is 53.7. The number of anilines is 3. The van der Waals surface area contributed by atoms with Crippen LogP contribution in [0.25, 0.3) is 0 Å². The molecule has 3 heterocycles. The van der Waals surface area contributed by atoms with Crippen LogP contribution in [0.4, 0.5) is 34.1 Å². The Hall–Kier alpha value is -7.72. The predicted octanol–water partition coefficient (Wildman–Crippen LogP) is 14.4. The number of ether oxygens (including phenoxy) is 4. The fraction of sp³-hybridized carbons (Fsp3) is 0.486. The van der Waals surface area contributed by atoms with Crippen LogP contribution in [0.5, 0.6) is 0 Å². The third-order valence-corrected chi connectivity index (χ3v) is 15.8. The fourth-order valence-electron chi connectivity index (χ4n) is 11.5. The van der Waals surface area contributed by atoms with Crippen LogP contribution in [0, 0.1) is 16.2 Å². The third kappa shape index (κ3) is 17.7. The maximum atomic E-state index is 8.35. The lowest BCUT2D eigenvalue weighted by Crippen LogP contribution is -2.39. The minimum Gasteiger partial charge on any atom is -0.492 e. The van der Waals surface area contributed by atoms with E-state index < -0.39 is 0 Å². The molecule has 3 aromatic rings. The number of nitrogens with zero attached hydrogens (tertiary/aromatic N) is 9. The van der Waals surface area contributed by atoms with E-state index in [-0.39, 0.29) is 0 Å². The second-order valence-electron chi connectivity index (χ2n) is 22.7. The van der Waals surface area contributed by atoms with Gasteiger partial charge < -0.3 is 48.3 Å². The van der Waals surface area contributed by atoms with Gasteiger partial charge in [0.05, 0.1) is 101 Å². The van der Waals surface area contributed by atoms with Gasteiger partial charge in [-0.05, 0) is 206 Å². The first-order chi connectivity index (χ1) is 41.6. The lowest BCUT2D eigenvalue weighted by Gasteiger charge is -2.32. The van der Waals surface area contributed by atoms with Gasteiger partial charge in [-0.1, -0.05) is 0 Å². The maximum Gasteiger partial charge on any atom is 0.146 e. The summed E-state index contributed by atoms with van der Waals surface area (Å²) in [5.74, 6) is 1.76. The molecule has 16 heteroatoms. The number of allylic oxidation sites excluding steroid dienone is 6. The van der Waals surface area contributed by atoms with Crippen LogP contribution >= 0.6 is 0 Å². The van der Waals surface area contributed by atoms with Crippen LogP contribution in [0.2, 0.25) is 0 Å². The van der Waals surface area contributed by atoms with Crippen molar-refractivity contribution in [2.75, 3.05) is 107 Å². The molecule has 3 aromatic carbocycles. The number of morpholine rings is 1. The Morgan fingerprint density at radius 1 is 0.395 bits per heavy atom. The Morgan fingerprint density at radius 2 is 0.663 bits per heavy atom. The first-order valence-corrected chi connectivity index (χ1v) is 31.7. The van der Waals surface area contributed by atoms with Crippen LogP contribution in [-0.4, -0.2) is 159 Å². The summed E-state index contributed by atoms with van der Waals surface area (Å²) in [6, 6.07) is 26.6. The summed E-state index contributed by atoms with van der Waals surface area (Å²) < 4.78 is 22.5. The van der Waals surface area contributed by atoms with Gasteiger partial charge in [-0.25, -0.2) is 15.0 Å². The molecule has 0 aromatic heterocycles. The van der Waals surface area contributed by atoms with Crippen molar-refractivity contribution in [3.8, 4) is 0 Å². The normalized spacial score (nSPS) is 18.7. The van der Waals surface area contributed by atoms with E-state index in [1.165, 1.54) is 49.2 Å². The monoisotopic (exact) mass is 1170 g/mol. The molecule has 0 saturated carbocycles. The lowest BCUT2D eigenvalue weighted by molar-refractivity contribution is 0.0565. The lowest BCUT2D eigenvalue weighted by atomic mass is 10.0. The van der Waals surface area contributed by atoms with Crippen molar-refractivity contribution in [3.63, 3.8) is 0 Å². The summed E-state index contributed by atoms with van der Waals surface area (Å²) in [5, 5.41) is 25.0. The van der Waals surface area contributed by atoms with Gasteiger partial charge in [0.2, 0.25) is 0 Å². The van der Waals surface area contributed by atoms with Crippen molar-refractivity contribution >= 4 is 68.4 Å². The van der Waals surface area contributed by atoms with E-state index in [0.717, 1.165) is 110 Å². The highest BCUT2D eigenvalue weighted by atomic mass is 16.5. The average Bonchev–Trinajstić information content (AvgIpc) is 1.90. The Labute approximate surface area is 514 Å². The highest BCUT2D eigenvalue weighted by Gasteiger charge is 2.27. The fourth-order valence-corrected chi connectivity index (χ4v) is 11.5. The van der Waals surface area contributed by atoms with Crippen molar-refractivity contribution in [2.24, 2.45) is 15.0 Å². The minimum atomic E-state index is 0.387. The Morgan fingerprint density at radius 3 is 0.919 bits per heavy atom. The summed E-state index contributed by atoms with van der Waals surface area (Å²) in [6.45, 7) is 37.2. The van der Waals surface area contributed by atoms with Gasteiger partial charge in [-0.15, -0.1) is 0 Å². The van der Waals surface area contributed by atoms with Crippen molar-refractivity contribution in [1.82, 2.24) is 14.7 Å². The first-order valence-electron chi connectivity index (χ1n) is 31.7. The van der Waals surface area contributed by atoms with Crippen LogP contribution in [0.15, 0.2) is 159 Å². The predicted molar refractivity (Wildman–Crippen MR) is 360 cm³/mol. The molecule has 0 radical (unpaired) electrons. The number of rotatable bonds is 21. The first kappa shape index (κ1) is 65.8. The van der Waals surface area contributed by atoms with E-state index in [9.17, 15) is 0 Å². The van der Waals surface area contributed by atoms with Crippen LogP contribution in [0.1, 0.15) is 115 Å². The van der Waals surface area contributed by atoms with Crippen LogP contribution < -0.4 is 14.7 Å². The van der Waals surface area contributed by atoms with Gasteiger partial charge in [0.25, 0.3) is 0 Å². The molecule has 3 saturated heterocycles. The molecule has 0 bridgehead atoms. The molecule has 0 spiro atoms. The molecule has 16 nitrogen and oxygen atoms in total. The number of hydrogen-bond donors (Lipinski definition) is 3. The second kappa shape index (κ2) is 32.7.